The molecule has 1 amide bonds. The van der Waals surface area contributed by atoms with E-state index in [-0.39, 0.29) is 5.91 Å². The second kappa shape index (κ2) is 6.91. The van der Waals surface area contributed by atoms with Crippen LogP contribution in [-0.4, -0.2) is 30.8 Å². The number of hydrogen-bond donors (Lipinski definition) is 2. The molecule has 0 spiro atoms. The molecule has 1 aromatic carbocycles. The first-order valence-electron chi connectivity index (χ1n) is 5.69. The third-order valence-electron chi connectivity index (χ3n) is 2.37. The highest BCUT2D eigenvalue weighted by Crippen LogP contribution is 2.13. The predicted octanol–water partition coefficient (Wildman–Crippen LogP) is 1.12. The molecule has 94 valence electrons. The highest BCUT2D eigenvalue weighted by molar-refractivity contribution is 5.76. The highest BCUT2D eigenvalue weighted by Gasteiger charge is 2.04. The number of amides is 1. The molecule has 0 aliphatic heterocycles. The number of nitrogens with one attached hydrogen (secondary N) is 1. The topological polar surface area (TPSA) is 58.6 Å². The minimum atomic E-state index is -0.504. The zero-order valence-electron chi connectivity index (χ0n) is 10.3. The third-order valence-corrected chi connectivity index (χ3v) is 2.37. The van der Waals surface area contributed by atoms with E-state index in [1.54, 1.807) is 14.0 Å². The Morgan fingerprint density at radius 1 is 1.53 bits per heavy atom. The Bertz CT molecular complexity index is 363. The van der Waals surface area contributed by atoms with Crippen molar-refractivity contribution in [2.24, 2.45) is 0 Å². The number of aryl methyl sites for hydroxylation is 1. The Hall–Kier alpha value is -1.55. The van der Waals surface area contributed by atoms with Gasteiger partial charge in [-0.1, -0.05) is 12.1 Å². The predicted molar refractivity (Wildman–Crippen MR) is 66.0 cm³/mol. The van der Waals surface area contributed by atoms with Gasteiger partial charge in [-0.2, -0.15) is 0 Å². The van der Waals surface area contributed by atoms with Gasteiger partial charge in [0, 0.05) is 13.0 Å². The summed E-state index contributed by atoms with van der Waals surface area (Å²) < 4.78 is 5.11. The van der Waals surface area contributed by atoms with Crippen molar-refractivity contribution in [3.8, 4) is 5.75 Å². The quantitative estimate of drug-likeness (QED) is 0.779. The lowest BCUT2D eigenvalue weighted by Gasteiger charge is -2.07. The summed E-state index contributed by atoms with van der Waals surface area (Å²) in [7, 11) is 1.62. The molecule has 4 nitrogen and oxygen atoms in total. The molecule has 0 saturated carbocycles. The summed E-state index contributed by atoms with van der Waals surface area (Å²) >= 11 is 0. The standard InChI is InChI=1S/C13H19NO3/c1-10(15)9-14-13(16)7-6-11-4-3-5-12(8-11)17-2/h3-5,8,10,15H,6-7,9H2,1-2H3,(H,14,16)/t10-/m1/s1. The van der Waals surface area contributed by atoms with Crippen molar-refractivity contribution in [2.45, 2.75) is 25.9 Å². The van der Waals surface area contributed by atoms with E-state index in [0.717, 1.165) is 11.3 Å². The molecule has 0 bridgehead atoms. The number of aliphatic hydroxyl groups is 1. The van der Waals surface area contributed by atoms with E-state index in [2.05, 4.69) is 5.32 Å². The number of carbonyl (C=O) groups excluding carboxylic acids is 1. The lowest BCUT2D eigenvalue weighted by atomic mass is 10.1. The van der Waals surface area contributed by atoms with Gasteiger partial charge in [-0.25, -0.2) is 0 Å². The van der Waals surface area contributed by atoms with Crippen LogP contribution in [0.2, 0.25) is 0 Å². The van der Waals surface area contributed by atoms with Crippen LogP contribution in [0, 0.1) is 0 Å². The fourth-order valence-corrected chi connectivity index (χ4v) is 1.44. The van der Waals surface area contributed by atoms with Gasteiger partial charge in [0.2, 0.25) is 5.91 Å². The average molecular weight is 237 g/mol. The number of rotatable bonds is 6. The second-order valence-corrected chi connectivity index (χ2v) is 4.00. The van der Waals surface area contributed by atoms with Crippen LogP contribution in [-0.2, 0) is 11.2 Å². The van der Waals surface area contributed by atoms with Crippen molar-refractivity contribution in [3.63, 3.8) is 0 Å². The molecule has 0 unspecified atom stereocenters. The maximum absolute atomic E-state index is 11.4. The van der Waals surface area contributed by atoms with E-state index in [0.29, 0.717) is 19.4 Å². The van der Waals surface area contributed by atoms with Crippen molar-refractivity contribution in [2.75, 3.05) is 13.7 Å². The molecular formula is C13H19NO3. The van der Waals surface area contributed by atoms with Crippen LogP contribution in [0.1, 0.15) is 18.9 Å². The van der Waals surface area contributed by atoms with Crippen molar-refractivity contribution in [3.05, 3.63) is 29.8 Å². The summed E-state index contributed by atoms with van der Waals surface area (Å²) in [6, 6.07) is 7.66. The second-order valence-electron chi connectivity index (χ2n) is 4.00. The number of methoxy groups -OCH3 is 1. The first-order chi connectivity index (χ1) is 8.11. The maximum atomic E-state index is 11.4. The van der Waals surface area contributed by atoms with Crippen LogP contribution in [0.3, 0.4) is 0 Å². The zero-order valence-corrected chi connectivity index (χ0v) is 10.3. The van der Waals surface area contributed by atoms with Gasteiger partial charge in [0.05, 0.1) is 13.2 Å². The van der Waals surface area contributed by atoms with E-state index in [1.807, 2.05) is 24.3 Å². The van der Waals surface area contributed by atoms with Gasteiger partial charge in [0.25, 0.3) is 0 Å². The van der Waals surface area contributed by atoms with E-state index >= 15 is 0 Å². The zero-order chi connectivity index (χ0) is 12.7. The number of benzene rings is 1. The molecule has 1 rings (SSSR count). The Balaban J connectivity index is 2.36. The molecule has 0 aliphatic rings. The molecule has 0 aromatic heterocycles. The smallest absolute Gasteiger partial charge is 0.220 e. The Kier molecular flexibility index (Phi) is 5.49. The van der Waals surface area contributed by atoms with Crippen LogP contribution in [0.25, 0.3) is 0 Å². The van der Waals surface area contributed by atoms with Gasteiger partial charge in [0.1, 0.15) is 5.75 Å². The molecule has 1 atom stereocenters. The van der Waals surface area contributed by atoms with Crippen LogP contribution < -0.4 is 10.1 Å². The summed E-state index contributed by atoms with van der Waals surface area (Å²) in [6.07, 6.45) is 0.582. The lowest BCUT2D eigenvalue weighted by molar-refractivity contribution is -0.121. The fraction of sp³-hybridized carbons (Fsp3) is 0.462. The van der Waals surface area contributed by atoms with Gasteiger partial charge in [0.15, 0.2) is 0 Å². The van der Waals surface area contributed by atoms with Crippen molar-refractivity contribution >= 4 is 5.91 Å². The van der Waals surface area contributed by atoms with E-state index in [9.17, 15) is 4.79 Å². The third kappa shape index (κ3) is 5.36. The molecule has 0 aliphatic carbocycles. The number of carbonyl (C=O) groups is 1. The molecule has 0 fully saturated rings. The van der Waals surface area contributed by atoms with Crippen molar-refractivity contribution < 1.29 is 14.6 Å². The van der Waals surface area contributed by atoms with E-state index in [1.165, 1.54) is 0 Å². The van der Waals surface area contributed by atoms with Gasteiger partial charge in [-0.05, 0) is 31.0 Å². The number of aliphatic hydroxyl groups excluding tert-OH is 1. The Morgan fingerprint density at radius 3 is 2.94 bits per heavy atom. The first kappa shape index (κ1) is 13.5. The van der Waals surface area contributed by atoms with Crippen molar-refractivity contribution in [1.29, 1.82) is 0 Å². The van der Waals surface area contributed by atoms with E-state index in [4.69, 9.17) is 9.84 Å². The van der Waals surface area contributed by atoms with Gasteiger partial charge in [-0.3, -0.25) is 4.79 Å². The molecule has 1 aromatic rings. The number of hydrogen-bond acceptors (Lipinski definition) is 3. The molecule has 0 heterocycles. The van der Waals surface area contributed by atoms with Gasteiger partial charge < -0.3 is 15.2 Å². The van der Waals surface area contributed by atoms with E-state index < -0.39 is 6.10 Å². The SMILES string of the molecule is COc1cccc(CCC(=O)NC[C@@H](C)O)c1. The summed E-state index contributed by atoms with van der Waals surface area (Å²) in [6.45, 7) is 1.94. The molecule has 2 N–H and O–H groups in total. The lowest BCUT2D eigenvalue weighted by Crippen LogP contribution is -2.30. The summed E-state index contributed by atoms with van der Waals surface area (Å²) in [4.78, 5) is 11.4. The summed E-state index contributed by atoms with van der Waals surface area (Å²) in [5, 5.41) is 11.7. The molecule has 0 saturated heterocycles. The Morgan fingerprint density at radius 2 is 2.29 bits per heavy atom. The molecule has 0 radical (unpaired) electrons. The first-order valence-corrected chi connectivity index (χ1v) is 5.69. The van der Waals surface area contributed by atoms with Crippen LogP contribution in [0.4, 0.5) is 0 Å². The fourth-order valence-electron chi connectivity index (χ4n) is 1.44. The van der Waals surface area contributed by atoms with Gasteiger partial charge >= 0.3 is 0 Å². The minimum Gasteiger partial charge on any atom is -0.497 e. The monoisotopic (exact) mass is 237 g/mol. The molecule has 4 heteroatoms. The van der Waals surface area contributed by atoms with Crippen LogP contribution in [0.15, 0.2) is 24.3 Å². The highest BCUT2D eigenvalue weighted by atomic mass is 16.5. The minimum absolute atomic E-state index is 0.0475. The average Bonchev–Trinajstić information content (AvgIpc) is 2.34. The summed E-state index contributed by atoms with van der Waals surface area (Å²) in [5.74, 6) is 0.751. The summed E-state index contributed by atoms with van der Waals surface area (Å²) in [5.41, 5.74) is 1.07. The maximum Gasteiger partial charge on any atom is 0.220 e. The molecular weight excluding hydrogens is 218 g/mol. The normalized spacial score (nSPS) is 11.9. The van der Waals surface area contributed by atoms with Crippen molar-refractivity contribution in [1.82, 2.24) is 5.32 Å². The Labute approximate surface area is 102 Å². The van der Waals surface area contributed by atoms with Crippen LogP contribution >= 0.6 is 0 Å². The number of ether oxygens (including phenoxy) is 1. The van der Waals surface area contributed by atoms with Gasteiger partial charge in [-0.15, -0.1) is 0 Å². The molecule has 17 heavy (non-hydrogen) atoms. The largest absolute Gasteiger partial charge is 0.497 e. The van der Waals surface area contributed by atoms with Crippen LogP contribution in [0.5, 0.6) is 5.75 Å².